The summed E-state index contributed by atoms with van der Waals surface area (Å²) in [5.41, 5.74) is 4.73. The maximum Gasteiger partial charge on any atom is 0.306 e. The summed E-state index contributed by atoms with van der Waals surface area (Å²) >= 11 is 0. The molecule has 1 aliphatic heterocycles. The Kier molecular flexibility index (Phi) is 9.70. The van der Waals surface area contributed by atoms with Crippen LogP contribution in [0, 0.1) is 29.5 Å². The fraction of sp³-hybridized carbons (Fsp3) is 0.568. The normalized spacial score (nSPS) is 23.6. The molecule has 236 valence electrons. The maximum atomic E-state index is 14.3. The molecule has 2 unspecified atom stereocenters. The number of rotatable bonds is 13. The molecule has 0 spiro atoms. The van der Waals surface area contributed by atoms with Crippen molar-refractivity contribution in [3.05, 3.63) is 82.9 Å². The summed E-state index contributed by atoms with van der Waals surface area (Å²) in [5, 5.41) is 15.1. The first-order chi connectivity index (χ1) is 21.4. The molecule has 6 nitrogen and oxygen atoms in total. The topological polar surface area (TPSA) is 67.6 Å². The summed E-state index contributed by atoms with van der Waals surface area (Å²) in [6, 6.07) is 17.7. The molecule has 2 saturated carbocycles. The molecule has 2 aromatic carbocycles. The van der Waals surface area contributed by atoms with Gasteiger partial charge in [0, 0.05) is 31.1 Å². The van der Waals surface area contributed by atoms with Crippen molar-refractivity contribution in [3.63, 3.8) is 0 Å². The first-order valence-corrected chi connectivity index (χ1v) is 16.9. The average molecular weight is 602 g/mol. The molecule has 0 radical (unpaired) electrons. The summed E-state index contributed by atoms with van der Waals surface area (Å²) < 4.78 is 22.1. The number of hydrogen-bond donors (Lipinski definition) is 1. The SMILES string of the molecule is CCOc1ccc(Cc2cc(C3CCN(C[C@H]4CC(C(CC5CC5)C(=O)O)C[C@@H]4c4cccc(F)c4)CC3)n(CC)n2)cc1. The van der Waals surface area contributed by atoms with Crippen molar-refractivity contribution in [1.82, 2.24) is 14.7 Å². The number of carboxylic acid groups (broad SMARTS) is 1. The number of nitrogens with zero attached hydrogens (tertiary/aromatic N) is 3. The second-order valence-electron chi connectivity index (χ2n) is 13.5. The van der Waals surface area contributed by atoms with Gasteiger partial charge in [0.15, 0.2) is 0 Å². The largest absolute Gasteiger partial charge is 0.494 e. The van der Waals surface area contributed by atoms with Crippen molar-refractivity contribution in [2.75, 3.05) is 26.2 Å². The van der Waals surface area contributed by atoms with E-state index in [1.165, 1.54) is 30.2 Å². The Morgan fingerprint density at radius 3 is 2.48 bits per heavy atom. The van der Waals surface area contributed by atoms with E-state index in [9.17, 15) is 14.3 Å². The van der Waals surface area contributed by atoms with E-state index < -0.39 is 5.97 Å². The lowest BCUT2D eigenvalue weighted by Crippen LogP contribution is -2.37. The summed E-state index contributed by atoms with van der Waals surface area (Å²) in [5.74, 6) is 1.57. The predicted octanol–water partition coefficient (Wildman–Crippen LogP) is 7.52. The summed E-state index contributed by atoms with van der Waals surface area (Å²) in [6.07, 6.45) is 7.91. The van der Waals surface area contributed by atoms with Crippen molar-refractivity contribution >= 4 is 5.97 Å². The fourth-order valence-corrected chi connectivity index (χ4v) is 8.03. The molecule has 4 atom stereocenters. The number of halogens is 1. The lowest BCUT2D eigenvalue weighted by atomic mass is 9.85. The zero-order chi connectivity index (χ0) is 30.6. The monoisotopic (exact) mass is 601 g/mol. The summed E-state index contributed by atoms with van der Waals surface area (Å²) in [7, 11) is 0. The molecular weight excluding hydrogens is 553 g/mol. The molecule has 0 amide bonds. The number of hydrogen-bond acceptors (Lipinski definition) is 4. The maximum absolute atomic E-state index is 14.3. The van der Waals surface area contributed by atoms with Crippen LogP contribution in [0.25, 0.3) is 0 Å². The Morgan fingerprint density at radius 1 is 1.05 bits per heavy atom. The van der Waals surface area contributed by atoms with Crippen molar-refractivity contribution in [3.8, 4) is 5.75 Å². The molecule has 1 saturated heterocycles. The van der Waals surface area contributed by atoms with Gasteiger partial charge in [-0.1, -0.05) is 37.1 Å². The molecule has 3 aromatic rings. The van der Waals surface area contributed by atoms with Gasteiger partial charge in [-0.3, -0.25) is 9.48 Å². The highest BCUT2D eigenvalue weighted by molar-refractivity contribution is 5.70. The minimum absolute atomic E-state index is 0.164. The lowest BCUT2D eigenvalue weighted by Gasteiger charge is -2.35. The van der Waals surface area contributed by atoms with E-state index >= 15 is 0 Å². The second kappa shape index (κ2) is 13.8. The average Bonchev–Trinajstić information content (AvgIpc) is 3.62. The molecule has 1 N–H and O–H groups in total. The zero-order valence-electron chi connectivity index (χ0n) is 26.3. The van der Waals surface area contributed by atoms with Gasteiger partial charge in [0.05, 0.1) is 18.2 Å². The van der Waals surface area contributed by atoms with E-state index in [-0.39, 0.29) is 23.6 Å². The number of aryl methyl sites for hydroxylation is 1. The molecule has 3 aliphatic rings. The van der Waals surface area contributed by atoms with Gasteiger partial charge in [0.25, 0.3) is 0 Å². The quantitative estimate of drug-likeness (QED) is 0.220. The van der Waals surface area contributed by atoms with Gasteiger partial charge in [-0.25, -0.2) is 4.39 Å². The van der Waals surface area contributed by atoms with Crippen LogP contribution in [0.5, 0.6) is 5.75 Å². The van der Waals surface area contributed by atoms with Crippen molar-refractivity contribution < 1.29 is 19.0 Å². The highest BCUT2D eigenvalue weighted by atomic mass is 19.1. The molecule has 1 aromatic heterocycles. The van der Waals surface area contributed by atoms with Crippen LogP contribution < -0.4 is 4.74 Å². The van der Waals surface area contributed by atoms with Crippen LogP contribution in [0.3, 0.4) is 0 Å². The van der Waals surface area contributed by atoms with E-state index in [4.69, 9.17) is 9.84 Å². The van der Waals surface area contributed by atoms with Gasteiger partial charge in [0.1, 0.15) is 11.6 Å². The minimum atomic E-state index is -0.643. The van der Waals surface area contributed by atoms with Gasteiger partial charge in [-0.15, -0.1) is 0 Å². The van der Waals surface area contributed by atoms with Crippen molar-refractivity contribution in [2.45, 2.75) is 83.6 Å². The molecular formula is C37H48FN3O3. The standard InChI is InChI=1S/C37H48FN3O3/c1-3-41-36(23-32(39-41)18-25-10-12-33(13-11-25)44-4-2)27-14-16-40(17-15-27)24-30-20-29(35(37(42)43)19-26-8-9-26)22-34(30)28-6-5-7-31(38)21-28/h5-7,10-13,21,23,26-27,29-30,34-35H,3-4,8-9,14-20,22,24H2,1-2H3,(H,42,43)/t29?,30-,34-,35?/m1/s1. The van der Waals surface area contributed by atoms with Gasteiger partial charge in [-0.2, -0.15) is 5.10 Å². The van der Waals surface area contributed by atoms with Gasteiger partial charge >= 0.3 is 5.97 Å². The van der Waals surface area contributed by atoms with Gasteiger partial charge in [0.2, 0.25) is 0 Å². The van der Waals surface area contributed by atoms with Gasteiger partial charge in [-0.05, 0) is 124 Å². The fourth-order valence-electron chi connectivity index (χ4n) is 8.03. The van der Waals surface area contributed by atoms with Crippen LogP contribution in [0.4, 0.5) is 4.39 Å². The smallest absolute Gasteiger partial charge is 0.306 e. The van der Waals surface area contributed by atoms with Crippen LogP contribution in [0.15, 0.2) is 54.6 Å². The number of likely N-dealkylation sites (tertiary alicyclic amines) is 1. The zero-order valence-corrected chi connectivity index (χ0v) is 26.3. The number of carbonyl (C=O) groups is 1. The van der Waals surface area contributed by atoms with E-state index in [1.54, 1.807) is 12.1 Å². The number of carboxylic acids is 1. The van der Waals surface area contributed by atoms with Crippen LogP contribution in [-0.2, 0) is 17.8 Å². The first-order valence-electron chi connectivity index (χ1n) is 16.9. The van der Waals surface area contributed by atoms with Crippen LogP contribution in [0.1, 0.15) is 93.1 Å². The molecule has 7 heteroatoms. The van der Waals surface area contributed by atoms with Crippen LogP contribution >= 0.6 is 0 Å². The van der Waals surface area contributed by atoms with Gasteiger partial charge < -0.3 is 14.7 Å². The number of piperidine rings is 1. The Hall–Kier alpha value is -3.19. The summed E-state index contributed by atoms with van der Waals surface area (Å²) in [4.78, 5) is 14.9. The van der Waals surface area contributed by atoms with E-state index in [0.717, 1.165) is 81.7 Å². The number of benzene rings is 2. The molecule has 44 heavy (non-hydrogen) atoms. The molecule has 2 aliphatic carbocycles. The third-order valence-corrected chi connectivity index (χ3v) is 10.5. The predicted molar refractivity (Wildman–Crippen MR) is 171 cm³/mol. The van der Waals surface area contributed by atoms with Crippen molar-refractivity contribution in [2.24, 2.45) is 23.7 Å². The Morgan fingerprint density at radius 2 is 1.82 bits per heavy atom. The number of aliphatic carboxylic acids is 1. The molecule has 3 fully saturated rings. The molecule has 2 heterocycles. The third kappa shape index (κ3) is 7.36. The minimum Gasteiger partial charge on any atom is -0.494 e. The number of aromatic nitrogens is 2. The molecule has 6 rings (SSSR count). The Labute approximate surface area is 261 Å². The first kappa shape index (κ1) is 30.8. The lowest BCUT2D eigenvalue weighted by molar-refractivity contribution is -0.144. The molecule has 0 bridgehead atoms. The highest BCUT2D eigenvalue weighted by Gasteiger charge is 2.43. The van der Waals surface area contributed by atoms with Crippen molar-refractivity contribution in [1.29, 1.82) is 0 Å². The van der Waals surface area contributed by atoms with E-state index in [0.29, 0.717) is 24.4 Å². The highest BCUT2D eigenvalue weighted by Crippen LogP contribution is 2.49. The number of ether oxygens (including phenoxy) is 1. The third-order valence-electron chi connectivity index (χ3n) is 10.5. The Bertz CT molecular complexity index is 1390. The van der Waals surface area contributed by atoms with E-state index in [2.05, 4.69) is 34.7 Å². The van der Waals surface area contributed by atoms with Crippen LogP contribution in [-0.4, -0.2) is 52.0 Å². The summed E-state index contributed by atoms with van der Waals surface area (Å²) in [6.45, 7) is 8.70. The Balaban J connectivity index is 1.10. The van der Waals surface area contributed by atoms with Crippen LogP contribution in [0.2, 0.25) is 0 Å². The van der Waals surface area contributed by atoms with E-state index in [1.807, 2.05) is 25.1 Å². The second-order valence-corrected chi connectivity index (χ2v) is 13.5.